The first-order chi connectivity index (χ1) is 9.88. The quantitative estimate of drug-likeness (QED) is 0.873. The first kappa shape index (κ1) is 13.6. The lowest BCUT2D eigenvalue weighted by molar-refractivity contribution is 0.591. The van der Waals surface area contributed by atoms with E-state index in [-0.39, 0.29) is 0 Å². The molecule has 0 atom stereocenters. The van der Waals surface area contributed by atoms with Crippen LogP contribution in [0.5, 0.6) is 0 Å². The number of pyridine rings is 1. The van der Waals surface area contributed by atoms with Gasteiger partial charge in [0.1, 0.15) is 5.82 Å². The number of hydrogen-bond acceptors (Lipinski definition) is 5. The van der Waals surface area contributed by atoms with Crippen molar-refractivity contribution >= 4 is 11.8 Å². The van der Waals surface area contributed by atoms with Gasteiger partial charge in [0.2, 0.25) is 0 Å². The highest BCUT2D eigenvalue weighted by atomic mass is 32.2. The van der Waals surface area contributed by atoms with Crippen LogP contribution in [0, 0.1) is 0 Å². The van der Waals surface area contributed by atoms with Crippen molar-refractivity contribution in [2.24, 2.45) is 5.73 Å². The predicted molar refractivity (Wildman–Crippen MR) is 79.3 cm³/mol. The molecule has 20 heavy (non-hydrogen) atoms. The maximum Gasteiger partial charge on any atom is 0.191 e. The van der Waals surface area contributed by atoms with E-state index in [4.69, 9.17) is 5.73 Å². The van der Waals surface area contributed by atoms with Crippen LogP contribution in [0.3, 0.4) is 0 Å². The van der Waals surface area contributed by atoms with Gasteiger partial charge in [0.05, 0.1) is 5.69 Å². The Morgan fingerprint density at radius 3 is 3.10 bits per heavy atom. The molecule has 0 unspecified atom stereocenters. The molecule has 0 spiro atoms. The third kappa shape index (κ3) is 2.86. The molecule has 0 aromatic carbocycles. The van der Waals surface area contributed by atoms with Crippen LogP contribution in [-0.4, -0.2) is 19.7 Å². The molecule has 2 aromatic rings. The monoisotopic (exact) mass is 289 g/mol. The van der Waals surface area contributed by atoms with Crippen molar-refractivity contribution in [3.05, 3.63) is 35.4 Å². The predicted octanol–water partition coefficient (Wildman–Crippen LogP) is 2.15. The zero-order valence-corrected chi connectivity index (χ0v) is 12.3. The molecule has 3 rings (SSSR count). The van der Waals surface area contributed by atoms with Gasteiger partial charge in [-0.1, -0.05) is 24.2 Å². The third-order valence-corrected chi connectivity index (χ3v) is 4.63. The van der Waals surface area contributed by atoms with Gasteiger partial charge in [-0.25, -0.2) is 0 Å². The van der Waals surface area contributed by atoms with E-state index in [1.807, 2.05) is 6.07 Å². The summed E-state index contributed by atoms with van der Waals surface area (Å²) in [6.07, 6.45) is 6.57. The molecule has 1 aliphatic rings. The molecule has 0 bridgehead atoms. The van der Waals surface area contributed by atoms with Crippen molar-refractivity contribution in [3.63, 3.8) is 0 Å². The smallest absolute Gasteiger partial charge is 0.191 e. The van der Waals surface area contributed by atoms with Crippen LogP contribution in [0.15, 0.2) is 23.5 Å². The molecule has 106 valence electrons. The average Bonchev–Trinajstić information content (AvgIpc) is 2.72. The number of aryl methyl sites for hydroxylation is 1. The molecule has 0 saturated carbocycles. The summed E-state index contributed by atoms with van der Waals surface area (Å²) < 4.78 is 2.27. The second kappa shape index (κ2) is 6.37. The molecular formula is C14H19N5S. The lowest BCUT2D eigenvalue weighted by Crippen LogP contribution is -2.05. The molecule has 2 aromatic heterocycles. The molecule has 6 heteroatoms. The van der Waals surface area contributed by atoms with E-state index in [1.54, 1.807) is 18.0 Å². The van der Waals surface area contributed by atoms with Crippen LogP contribution < -0.4 is 5.73 Å². The van der Waals surface area contributed by atoms with Crippen LogP contribution in [0.1, 0.15) is 36.3 Å². The van der Waals surface area contributed by atoms with Crippen molar-refractivity contribution in [1.29, 1.82) is 0 Å². The van der Waals surface area contributed by atoms with Gasteiger partial charge < -0.3 is 10.3 Å². The number of nitrogens with two attached hydrogens (primary N) is 1. The maximum absolute atomic E-state index is 5.73. The fourth-order valence-corrected chi connectivity index (χ4v) is 3.49. The minimum absolute atomic E-state index is 0.481. The van der Waals surface area contributed by atoms with E-state index < -0.39 is 0 Å². The van der Waals surface area contributed by atoms with Crippen LogP contribution in [0.2, 0.25) is 0 Å². The molecule has 2 N–H and O–H groups in total. The van der Waals surface area contributed by atoms with Crippen molar-refractivity contribution < 1.29 is 0 Å². The van der Waals surface area contributed by atoms with Crippen molar-refractivity contribution in [3.8, 4) is 0 Å². The minimum atomic E-state index is 0.481. The molecule has 3 heterocycles. The normalized spacial score (nSPS) is 14.8. The molecule has 0 fully saturated rings. The molecule has 5 nitrogen and oxygen atoms in total. The second-order valence-electron chi connectivity index (χ2n) is 4.96. The fraction of sp³-hybridized carbons (Fsp3) is 0.500. The van der Waals surface area contributed by atoms with Gasteiger partial charge in [0.15, 0.2) is 5.16 Å². The second-order valence-corrected chi connectivity index (χ2v) is 5.91. The van der Waals surface area contributed by atoms with Gasteiger partial charge in [-0.05, 0) is 24.5 Å². The van der Waals surface area contributed by atoms with Crippen LogP contribution in [-0.2, 0) is 25.3 Å². The van der Waals surface area contributed by atoms with Crippen molar-refractivity contribution in [1.82, 2.24) is 19.7 Å². The summed E-state index contributed by atoms with van der Waals surface area (Å²) in [6, 6.07) is 4.04. The number of aromatic nitrogens is 4. The Morgan fingerprint density at radius 2 is 2.20 bits per heavy atom. The van der Waals surface area contributed by atoms with Gasteiger partial charge in [0, 0.05) is 31.5 Å². The zero-order chi connectivity index (χ0) is 13.8. The summed E-state index contributed by atoms with van der Waals surface area (Å²) in [7, 11) is 0. The molecule has 1 aliphatic heterocycles. The van der Waals surface area contributed by atoms with Gasteiger partial charge >= 0.3 is 0 Å². The lowest BCUT2D eigenvalue weighted by atomic mass is 10.2. The van der Waals surface area contributed by atoms with Crippen LogP contribution in [0.25, 0.3) is 0 Å². The van der Waals surface area contributed by atoms with Crippen molar-refractivity contribution in [2.45, 2.75) is 49.7 Å². The number of rotatable bonds is 4. The summed E-state index contributed by atoms with van der Waals surface area (Å²) in [6.45, 7) is 1.52. The van der Waals surface area contributed by atoms with E-state index in [0.717, 1.165) is 35.4 Å². The Balaban J connectivity index is 1.74. The number of nitrogens with zero attached hydrogens (tertiary/aromatic N) is 4. The molecule has 0 saturated heterocycles. The molecule has 0 amide bonds. The minimum Gasteiger partial charge on any atom is -0.325 e. The van der Waals surface area contributed by atoms with Gasteiger partial charge in [-0.2, -0.15) is 0 Å². The largest absolute Gasteiger partial charge is 0.325 e. The Morgan fingerprint density at radius 1 is 1.25 bits per heavy atom. The number of thioether (sulfide) groups is 1. The summed E-state index contributed by atoms with van der Waals surface area (Å²) in [5.41, 5.74) is 7.88. The van der Waals surface area contributed by atoms with E-state index in [2.05, 4.69) is 25.8 Å². The lowest BCUT2D eigenvalue weighted by Gasteiger charge is -2.08. The fourth-order valence-electron chi connectivity index (χ4n) is 2.49. The maximum atomic E-state index is 5.73. The van der Waals surface area contributed by atoms with Gasteiger partial charge in [-0.15, -0.1) is 10.2 Å². The molecular weight excluding hydrogens is 270 g/mol. The molecule has 0 radical (unpaired) electrons. The first-order valence-electron chi connectivity index (χ1n) is 7.06. The van der Waals surface area contributed by atoms with Crippen molar-refractivity contribution in [2.75, 3.05) is 0 Å². The average molecular weight is 289 g/mol. The summed E-state index contributed by atoms with van der Waals surface area (Å²) >= 11 is 1.73. The highest BCUT2D eigenvalue weighted by Gasteiger charge is 2.15. The zero-order valence-electron chi connectivity index (χ0n) is 11.5. The van der Waals surface area contributed by atoms with E-state index in [0.29, 0.717) is 6.54 Å². The van der Waals surface area contributed by atoms with Crippen LogP contribution in [0.4, 0.5) is 0 Å². The Labute approximate surface area is 123 Å². The standard InChI is InChI=1S/C14H19N5S/c15-9-12-11(5-4-7-16-12)10-20-14-18-17-13-6-2-1-3-8-19(13)14/h4-5,7H,1-3,6,8-10,15H2. The number of hydrogen-bond donors (Lipinski definition) is 1. The summed E-state index contributed by atoms with van der Waals surface area (Å²) in [5, 5.41) is 9.68. The Kier molecular flexibility index (Phi) is 4.32. The third-order valence-electron chi connectivity index (χ3n) is 3.61. The van der Waals surface area contributed by atoms with Crippen LogP contribution >= 0.6 is 11.8 Å². The van der Waals surface area contributed by atoms with E-state index >= 15 is 0 Å². The topological polar surface area (TPSA) is 69.6 Å². The highest BCUT2D eigenvalue weighted by Crippen LogP contribution is 2.25. The SMILES string of the molecule is NCc1ncccc1CSc1nnc2n1CCCCC2. The first-order valence-corrected chi connectivity index (χ1v) is 8.05. The molecule has 0 aliphatic carbocycles. The van der Waals surface area contributed by atoms with Gasteiger partial charge in [-0.3, -0.25) is 4.98 Å². The van der Waals surface area contributed by atoms with E-state index in [9.17, 15) is 0 Å². The Hall–Kier alpha value is -1.40. The van der Waals surface area contributed by atoms with Gasteiger partial charge in [0.25, 0.3) is 0 Å². The van der Waals surface area contributed by atoms with E-state index in [1.165, 1.54) is 24.8 Å². The summed E-state index contributed by atoms with van der Waals surface area (Å²) in [5.74, 6) is 1.98. The number of fused-ring (bicyclic) bond motifs is 1. The summed E-state index contributed by atoms with van der Waals surface area (Å²) in [4.78, 5) is 4.32. The Bertz CT molecular complexity index is 581. The highest BCUT2D eigenvalue weighted by molar-refractivity contribution is 7.98.